The van der Waals surface area contributed by atoms with Crippen LogP contribution in [0.25, 0.3) is 0 Å². The summed E-state index contributed by atoms with van der Waals surface area (Å²) in [4.78, 5) is 11.0. The van der Waals surface area contributed by atoms with Crippen LogP contribution in [0.3, 0.4) is 0 Å². The highest BCUT2D eigenvalue weighted by Crippen LogP contribution is 2.25. The van der Waals surface area contributed by atoms with Gasteiger partial charge in [-0.05, 0) is 39.0 Å². The number of hydrogen-bond donors (Lipinski definition) is 0. The van der Waals surface area contributed by atoms with E-state index in [0.29, 0.717) is 18.3 Å². The molecule has 1 aliphatic carbocycles. The van der Waals surface area contributed by atoms with Crippen molar-refractivity contribution in [3.8, 4) is 0 Å². The highest BCUT2D eigenvalue weighted by atomic mass is 16.7. The summed E-state index contributed by atoms with van der Waals surface area (Å²) in [5.74, 6) is 1.05. The maximum Gasteiger partial charge on any atom is 0.154 e. The van der Waals surface area contributed by atoms with Gasteiger partial charge in [0.2, 0.25) is 0 Å². The quantitative estimate of drug-likeness (QED) is 0.482. The fraction of sp³-hybridized carbons (Fsp3) is 0.917. The van der Waals surface area contributed by atoms with Crippen molar-refractivity contribution in [2.75, 3.05) is 13.2 Å². The molecule has 2 unspecified atom stereocenters. The Kier molecular flexibility index (Phi) is 5.88. The lowest BCUT2D eigenvalue weighted by molar-refractivity contribution is -0.128. The standard InChI is InChI=1S/C12H22O3/c1-3-14-10(2)15-8-4-5-11-6-7-12(13)9-11/h10-11H,3-9H2,1-2H3. The van der Waals surface area contributed by atoms with Gasteiger partial charge in [0.05, 0.1) is 0 Å². The summed E-state index contributed by atoms with van der Waals surface area (Å²) in [5.41, 5.74) is 0. The number of rotatable bonds is 7. The van der Waals surface area contributed by atoms with Crippen LogP contribution in [-0.2, 0) is 14.3 Å². The van der Waals surface area contributed by atoms with Crippen molar-refractivity contribution in [2.24, 2.45) is 5.92 Å². The second-order valence-electron chi connectivity index (χ2n) is 4.18. The maximum atomic E-state index is 11.0. The minimum Gasteiger partial charge on any atom is -0.353 e. The van der Waals surface area contributed by atoms with E-state index in [0.717, 1.165) is 38.7 Å². The van der Waals surface area contributed by atoms with E-state index < -0.39 is 0 Å². The number of carbonyl (C=O) groups is 1. The molecular weight excluding hydrogens is 192 g/mol. The van der Waals surface area contributed by atoms with E-state index in [-0.39, 0.29) is 6.29 Å². The molecule has 1 fully saturated rings. The van der Waals surface area contributed by atoms with Crippen LogP contribution in [0, 0.1) is 5.92 Å². The molecule has 0 bridgehead atoms. The van der Waals surface area contributed by atoms with Gasteiger partial charge >= 0.3 is 0 Å². The normalized spacial score (nSPS) is 23.3. The van der Waals surface area contributed by atoms with Crippen molar-refractivity contribution >= 4 is 5.78 Å². The van der Waals surface area contributed by atoms with Gasteiger partial charge in [-0.25, -0.2) is 0 Å². The molecular formula is C12H22O3. The first-order valence-electron chi connectivity index (χ1n) is 5.97. The Morgan fingerprint density at radius 3 is 2.87 bits per heavy atom. The van der Waals surface area contributed by atoms with Crippen LogP contribution in [0.4, 0.5) is 0 Å². The highest BCUT2D eigenvalue weighted by Gasteiger charge is 2.21. The minimum absolute atomic E-state index is 0.0970. The maximum absolute atomic E-state index is 11.0. The van der Waals surface area contributed by atoms with E-state index in [1.807, 2.05) is 13.8 Å². The first-order chi connectivity index (χ1) is 7.22. The summed E-state index contributed by atoms with van der Waals surface area (Å²) in [6, 6.07) is 0. The van der Waals surface area contributed by atoms with Crippen LogP contribution in [0.15, 0.2) is 0 Å². The molecule has 15 heavy (non-hydrogen) atoms. The molecule has 3 heteroatoms. The highest BCUT2D eigenvalue weighted by molar-refractivity contribution is 5.80. The van der Waals surface area contributed by atoms with Gasteiger partial charge in [-0.3, -0.25) is 4.79 Å². The van der Waals surface area contributed by atoms with Crippen LogP contribution < -0.4 is 0 Å². The van der Waals surface area contributed by atoms with Gasteiger partial charge in [0, 0.05) is 26.1 Å². The first kappa shape index (κ1) is 12.7. The first-order valence-corrected chi connectivity index (χ1v) is 5.97. The van der Waals surface area contributed by atoms with E-state index in [1.165, 1.54) is 0 Å². The lowest BCUT2D eigenvalue weighted by Crippen LogP contribution is -2.13. The van der Waals surface area contributed by atoms with Crippen LogP contribution in [0.1, 0.15) is 46.0 Å². The second-order valence-corrected chi connectivity index (χ2v) is 4.18. The lowest BCUT2D eigenvalue weighted by Gasteiger charge is -2.13. The van der Waals surface area contributed by atoms with Crippen molar-refractivity contribution in [3.05, 3.63) is 0 Å². The summed E-state index contributed by atoms with van der Waals surface area (Å²) in [7, 11) is 0. The van der Waals surface area contributed by atoms with Gasteiger partial charge in [-0.15, -0.1) is 0 Å². The largest absolute Gasteiger partial charge is 0.353 e. The molecule has 3 nitrogen and oxygen atoms in total. The Balaban J connectivity index is 1.95. The van der Waals surface area contributed by atoms with E-state index >= 15 is 0 Å². The van der Waals surface area contributed by atoms with Crippen LogP contribution in [0.5, 0.6) is 0 Å². The predicted octanol–water partition coefficient (Wildman–Crippen LogP) is 2.53. The molecule has 0 spiro atoms. The van der Waals surface area contributed by atoms with Crippen molar-refractivity contribution in [1.82, 2.24) is 0 Å². The molecule has 1 saturated carbocycles. The topological polar surface area (TPSA) is 35.5 Å². The smallest absolute Gasteiger partial charge is 0.154 e. The zero-order chi connectivity index (χ0) is 11.1. The molecule has 0 saturated heterocycles. The van der Waals surface area contributed by atoms with E-state index in [1.54, 1.807) is 0 Å². The molecule has 1 rings (SSSR count). The van der Waals surface area contributed by atoms with Crippen LogP contribution in [0.2, 0.25) is 0 Å². The molecule has 0 N–H and O–H groups in total. The Morgan fingerprint density at radius 1 is 1.47 bits per heavy atom. The number of ketones is 1. The molecule has 88 valence electrons. The van der Waals surface area contributed by atoms with Crippen molar-refractivity contribution in [2.45, 2.75) is 52.2 Å². The average molecular weight is 214 g/mol. The van der Waals surface area contributed by atoms with Crippen molar-refractivity contribution in [3.63, 3.8) is 0 Å². The fourth-order valence-corrected chi connectivity index (χ4v) is 2.04. The van der Waals surface area contributed by atoms with Crippen molar-refractivity contribution < 1.29 is 14.3 Å². The number of ether oxygens (including phenoxy) is 2. The Labute approximate surface area is 92.1 Å². The molecule has 0 amide bonds. The molecule has 2 atom stereocenters. The Hall–Kier alpha value is -0.410. The van der Waals surface area contributed by atoms with Gasteiger partial charge in [0.15, 0.2) is 6.29 Å². The van der Waals surface area contributed by atoms with Gasteiger partial charge in [-0.2, -0.15) is 0 Å². The van der Waals surface area contributed by atoms with Crippen molar-refractivity contribution in [1.29, 1.82) is 0 Å². The molecule has 0 aromatic rings. The second kappa shape index (κ2) is 6.96. The minimum atomic E-state index is -0.0970. The molecule has 0 radical (unpaired) electrons. The zero-order valence-corrected chi connectivity index (χ0v) is 9.83. The van der Waals surface area contributed by atoms with Crippen LogP contribution in [-0.4, -0.2) is 25.3 Å². The fourth-order valence-electron chi connectivity index (χ4n) is 2.04. The zero-order valence-electron chi connectivity index (χ0n) is 9.83. The summed E-state index contributed by atoms with van der Waals surface area (Å²) in [5, 5.41) is 0. The van der Waals surface area contributed by atoms with Gasteiger partial charge in [-0.1, -0.05) is 0 Å². The Bertz CT molecular complexity index is 191. The lowest BCUT2D eigenvalue weighted by atomic mass is 10.0. The Morgan fingerprint density at radius 2 is 2.27 bits per heavy atom. The molecule has 0 aromatic heterocycles. The third kappa shape index (κ3) is 5.28. The van der Waals surface area contributed by atoms with E-state index in [2.05, 4.69) is 0 Å². The van der Waals surface area contributed by atoms with Crippen LogP contribution >= 0.6 is 0 Å². The predicted molar refractivity (Wildman–Crippen MR) is 58.6 cm³/mol. The number of hydrogen-bond acceptors (Lipinski definition) is 3. The van der Waals surface area contributed by atoms with Gasteiger partial charge in [0.25, 0.3) is 0 Å². The molecule has 0 heterocycles. The summed E-state index contributed by atoms with van der Waals surface area (Å²) >= 11 is 0. The van der Waals surface area contributed by atoms with E-state index in [9.17, 15) is 4.79 Å². The summed E-state index contributed by atoms with van der Waals surface area (Å²) < 4.78 is 10.7. The van der Waals surface area contributed by atoms with E-state index in [4.69, 9.17) is 9.47 Å². The summed E-state index contributed by atoms with van der Waals surface area (Å²) in [6.07, 6.45) is 4.72. The van der Waals surface area contributed by atoms with Gasteiger partial charge in [0.1, 0.15) is 5.78 Å². The third-order valence-corrected chi connectivity index (χ3v) is 2.86. The monoisotopic (exact) mass is 214 g/mol. The summed E-state index contributed by atoms with van der Waals surface area (Å²) in [6.45, 7) is 5.32. The van der Waals surface area contributed by atoms with Gasteiger partial charge < -0.3 is 9.47 Å². The number of Topliss-reactive ketones (excluding diaryl/α,β-unsaturated/α-hetero) is 1. The number of carbonyl (C=O) groups excluding carboxylic acids is 1. The average Bonchev–Trinajstić information content (AvgIpc) is 2.60. The molecule has 1 aliphatic rings. The molecule has 0 aromatic carbocycles. The third-order valence-electron chi connectivity index (χ3n) is 2.86. The molecule has 0 aliphatic heterocycles. The SMILES string of the molecule is CCOC(C)OCCCC1CCC(=O)C1.